The van der Waals surface area contributed by atoms with Crippen molar-refractivity contribution in [3.63, 3.8) is 0 Å². The molecule has 7 nitrogen and oxygen atoms in total. The van der Waals surface area contributed by atoms with Crippen LogP contribution in [0.1, 0.15) is 10.5 Å². The maximum atomic E-state index is 14.5. The minimum absolute atomic E-state index is 0.0901. The highest BCUT2D eigenvalue weighted by Crippen LogP contribution is 2.39. The molecule has 0 amide bonds. The average molecular weight is 320 g/mol. The SMILES string of the molecule is COC(=O)c1nc(-c2ccc3c(c2)OCO3)c(F)c(N)c1OC. The van der Waals surface area contributed by atoms with Crippen LogP contribution >= 0.6 is 0 Å². The number of hydrogen-bond acceptors (Lipinski definition) is 7. The molecule has 0 radical (unpaired) electrons. The van der Waals surface area contributed by atoms with Gasteiger partial charge in [-0.15, -0.1) is 0 Å². The first-order chi connectivity index (χ1) is 11.1. The van der Waals surface area contributed by atoms with E-state index in [0.717, 1.165) is 0 Å². The second-order valence-corrected chi connectivity index (χ2v) is 4.63. The van der Waals surface area contributed by atoms with Gasteiger partial charge in [0, 0.05) is 5.56 Å². The fraction of sp³-hybridized carbons (Fsp3) is 0.200. The van der Waals surface area contributed by atoms with Crippen LogP contribution in [0.15, 0.2) is 18.2 Å². The van der Waals surface area contributed by atoms with Crippen LogP contribution < -0.4 is 19.9 Å². The zero-order valence-corrected chi connectivity index (χ0v) is 12.4. The van der Waals surface area contributed by atoms with Gasteiger partial charge in [-0.3, -0.25) is 0 Å². The van der Waals surface area contributed by atoms with Gasteiger partial charge in [-0.1, -0.05) is 0 Å². The number of benzene rings is 1. The number of hydrogen-bond donors (Lipinski definition) is 1. The van der Waals surface area contributed by atoms with Crippen LogP contribution in [0, 0.1) is 5.82 Å². The van der Waals surface area contributed by atoms with Crippen molar-refractivity contribution in [1.29, 1.82) is 0 Å². The molecule has 2 N–H and O–H groups in total. The number of fused-ring (bicyclic) bond motifs is 1. The summed E-state index contributed by atoms with van der Waals surface area (Å²) >= 11 is 0. The molecule has 1 aromatic heterocycles. The summed E-state index contributed by atoms with van der Waals surface area (Å²) in [6.45, 7) is 0.0901. The summed E-state index contributed by atoms with van der Waals surface area (Å²) in [5.74, 6) is -0.746. The predicted molar refractivity (Wildman–Crippen MR) is 78.1 cm³/mol. The number of carbonyl (C=O) groups is 1. The molecule has 0 spiro atoms. The highest BCUT2D eigenvalue weighted by atomic mass is 19.1. The zero-order chi connectivity index (χ0) is 16.6. The zero-order valence-electron chi connectivity index (χ0n) is 12.4. The maximum Gasteiger partial charge on any atom is 0.360 e. The largest absolute Gasteiger partial charge is 0.492 e. The number of nitrogens with two attached hydrogens (primary N) is 1. The Bertz CT molecular complexity index is 794. The second kappa shape index (κ2) is 5.64. The molecule has 2 heterocycles. The first-order valence-corrected chi connectivity index (χ1v) is 6.58. The van der Waals surface area contributed by atoms with Gasteiger partial charge in [-0.05, 0) is 18.2 Å². The molecule has 0 bridgehead atoms. The number of methoxy groups -OCH3 is 2. The number of carbonyl (C=O) groups excluding carboxylic acids is 1. The Morgan fingerprint density at radius 1 is 1.30 bits per heavy atom. The third-order valence-corrected chi connectivity index (χ3v) is 3.36. The van der Waals surface area contributed by atoms with Crippen molar-refractivity contribution in [2.45, 2.75) is 0 Å². The van der Waals surface area contributed by atoms with Gasteiger partial charge in [-0.2, -0.15) is 0 Å². The molecule has 0 saturated heterocycles. The van der Waals surface area contributed by atoms with Crippen LogP contribution in [-0.4, -0.2) is 32.0 Å². The van der Waals surface area contributed by atoms with Crippen LogP contribution in [0.5, 0.6) is 17.2 Å². The molecule has 0 saturated carbocycles. The Balaban J connectivity index is 2.19. The number of halogens is 1. The molecular weight excluding hydrogens is 307 g/mol. The molecule has 8 heteroatoms. The number of nitrogens with zero attached hydrogens (tertiary/aromatic N) is 1. The first-order valence-electron chi connectivity index (χ1n) is 6.58. The lowest BCUT2D eigenvalue weighted by molar-refractivity contribution is 0.0590. The fourth-order valence-corrected chi connectivity index (χ4v) is 2.24. The standard InChI is InChI=1S/C15H13FN2O5/c1-20-14-11(17)10(16)12(18-13(14)15(19)21-2)7-3-4-8-9(5-7)23-6-22-8/h3-5H,6H2,1-2H3,(H2,17,18). The van der Waals surface area contributed by atoms with Gasteiger partial charge in [0.1, 0.15) is 11.4 Å². The van der Waals surface area contributed by atoms with Gasteiger partial charge in [0.25, 0.3) is 0 Å². The van der Waals surface area contributed by atoms with Crippen molar-refractivity contribution in [2.24, 2.45) is 0 Å². The number of ether oxygens (including phenoxy) is 4. The second-order valence-electron chi connectivity index (χ2n) is 4.63. The minimum atomic E-state index is -0.798. The van der Waals surface area contributed by atoms with E-state index >= 15 is 0 Å². The van der Waals surface area contributed by atoms with Gasteiger partial charge < -0.3 is 24.7 Å². The van der Waals surface area contributed by atoms with Crippen molar-refractivity contribution >= 4 is 11.7 Å². The number of pyridine rings is 1. The number of aromatic nitrogens is 1. The molecule has 120 valence electrons. The minimum Gasteiger partial charge on any atom is -0.492 e. The molecule has 0 unspecified atom stereocenters. The Morgan fingerprint density at radius 2 is 2.04 bits per heavy atom. The Morgan fingerprint density at radius 3 is 2.74 bits per heavy atom. The van der Waals surface area contributed by atoms with E-state index in [1.807, 2.05) is 0 Å². The van der Waals surface area contributed by atoms with Crippen LogP contribution in [0.4, 0.5) is 10.1 Å². The van der Waals surface area contributed by atoms with Gasteiger partial charge in [0.2, 0.25) is 6.79 Å². The van der Waals surface area contributed by atoms with Crippen molar-refractivity contribution < 1.29 is 28.1 Å². The van der Waals surface area contributed by atoms with Crippen LogP contribution in [0.2, 0.25) is 0 Å². The van der Waals surface area contributed by atoms with E-state index in [-0.39, 0.29) is 29.6 Å². The van der Waals surface area contributed by atoms with Crippen LogP contribution in [0.3, 0.4) is 0 Å². The summed E-state index contributed by atoms with van der Waals surface area (Å²) in [5, 5.41) is 0. The quantitative estimate of drug-likeness (QED) is 0.864. The number of rotatable bonds is 3. The number of esters is 1. The topological polar surface area (TPSA) is 92.9 Å². The van der Waals surface area contributed by atoms with Crippen molar-refractivity contribution in [3.8, 4) is 28.5 Å². The van der Waals surface area contributed by atoms with Crippen molar-refractivity contribution in [1.82, 2.24) is 4.98 Å². The summed E-state index contributed by atoms with van der Waals surface area (Å²) in [4.78, 5) is 15.9. The summed E-state index contributed by atoms with van der Waals surface area (Å²) in [5.41, 5.74) is 5.47. The van der Waals surface area contributed by atoms with E-state index in [4.69, 9.17) is 19.9 Å². The van der Waals surface area contributed by atoms with E-state index in [0.29, 0.717) is 17.1 Å². The normalized spacial score (nSPS) is 12.1. The maximum absolute atomic E-state index is 14.5. The number of anilines is 1. The Hall–Kier alpha value is -3.03. The summed E-state index contributed by atoms with van der Waals surface area (Å²) in [6, 6.07) is 4.77. The van der Waals surface area contributed by atoms with E-state index < -0.39 is 11.8 Å². The van der Waals surface area contributed by atoms with E-state index in [1.165, 1.54) is 14.2 Å². The van der Waals surface area contributed by atoms with Gasteiger partial charge in [0.05, 0.1) is 14.2 Å². The van der Waals surface area contributed by atoms with Gasteiger partial charge in [-0.25, -0.2) is 14.2 Å². The van der Waals surface area contributed by atoms with Crippen molar-refractivity contribution in [2.75, 3.05) is 26.7 Å². The lowest BCUT2D eigenvalue weighted by Crippen LogP contribution is -2.12. The smallest absolute Gasteiger partial charge is 0.360 e. The van der Waals surface area contributed by atoms with Crippen LogP contribution in [-0.2, 0) is 4.74 Å². The van der Waals surface area contributed by atoms with Crippen LogP contribution in [0.25, 0.3) is 11.3 Å². The molecule has 1 aliphatic rings. The molecule has 0 aliphatic carbocycles. The molecular formula is C15H13FN2O5. The highest BCUT2D eigenvalue weighted by molar-refractivity contribution is 5.93. The molecule has 0 fully saturated rings. The van der Waals surface area contributed by atoms with Gasteiger partial charge >= 0.3 is 5.97 Å². The van der Waals surface area contributed by atoms with E-state index in [2.05, 4.69) is 9.72 Å². The predicted octanol–water partition coefficient (Wildman–Crippen LogP) is 1.99. The lowest BCUT2D eigenvalue weighted by atomic mass is 10.1. The average Bonchev–Trinajstić information content (AvgIpc) is 3.03. The summed E-state index contributed by atoms with van der Waals surface area (Å²) in [6.07, 6.45) is 0. The molecule has 23 heavy (non-hydrogen) atoms. The Labute approximate surface area is 130 Å². The molecule has 1 aliphatic heterocycles. The summed E-state index contributed by atoms with van der Waals surface area (Å²) < 4.78 is 34.6. The van der Waals surface area contributed by atoms with Crippen molar-refractivity contribution in [3.05, 3.63) is 29.7 Å². The monoisotopic (exact) mass is 320 g/mol. The van der Waals surface area contributed by atoms with E-state index in [9.17, 15) is 9.18 Å². The molecule has 0 atom stereocenters. The Kier molecular flexibility index (Phi) is 3.65. The highest BCUT2D eigenvalue weighted by Gasteiger charge is 2.25. The molecule has 3 rings (SSSR count). The first kappa shape index (κ1) is 14.9. The molecule has 1 aromatic carbocycles. The molecule has 2 aromatic rings. The third-order valence-electron chi connectivity index (χ3n) is 3.36. The fourth-order valence-electron chi connectivity index (χ4n) is 2.24. The summed E-state index contributed by atoms with van der Waals surface area (Å²) in [7, 11) is 2.45. The van der Waals surface area contributed by atoms with Gasteiger partial charge in [0.15, 0.2) is 28.8 Å². The lowest BCUT2D eigenvalue weighted by Gasteiger charge is -2.13. The number of nitrogen functional groups attached to an aromatic ring is 1. The van der Waals surface area contributed by atoms with E-state index in [1.54, 1.807) is 18.2 Å². The third kappa shape index (κ3) is 2.37.